The van der Waals surface area contributed by atoms with Gasteiger partial charge in [-0.3, -0.25) is 10.1 Å². The molecule has 124 valence electrons. The molecule has 1 saturated heterocycles. The second-order valence-electron chi connectivity index (χ2n) is 5.83. The monoisotopic (exact) mass is 343 g/mol. The van der Waals surface area contributed by atoms with Crippen molar-refractivity contribution in [3.05, 3.63) is 56.3 Å². The van der Waals surface area contributed by atoms with Crippen LogP contribution < -0.4 is 4.90 Å². The quantitative estimate of drug-likeness (QED) is 0.661. The van der Waals surface area contributed by atoms with Gasteiger partial charge in [-0.15, -0.1) is 11.3 Å². The second kappa shape index (κ2) is 6.99. The number of hydrogen-bond acceptors (Lipinski definition) is 6. The molecule has 0 unspecified atom stereocenters. The SMILES string of the molecule is N#Cc1ccc(N2CCC[C@H]2C[C@@H](O)c2cccs2)c([N+](=O)[O-])c1. The molecular weight excluding hydrogens is 326 g/mol. The molecule has 0 saturated carbocycles. The molecule has 1 aromatic heterocycles. The Balaban J connectivity index is 1.85. The average molecular weight is 343 g/mol. The van der Waals surface area contributed by atoms with Gasteiger partial charge in [0.2, 0.25) is 0 Å². The molecule has 6 nitrogen and oxygen atoms in total. The maximum atomic E-state index is 11.4. The van der Waals surface area contributed by atoms with Gasteiger partial charge in [0, 0.05) is 23.5 Å². The molecule has 0 spiro atoms. The Bertz CT molecular complexity index is 770. The van der Waals surface area contributed by atoms with Crippen molar-refractivity contribution in [2.45, 2.75) is 31.4 Å². The second-order valence-corrected chi connectivity index (χ2v) is 6.81. The normalized spacial score (nSPS) is 18.3. The number of rotatable bonds is 5. The highest BCUT2D eigenvalue weighted by Crippen LogP contribution is 2.37. The molecule has 2 heterocycles. The van der Waals surface area contributed by atoms with Crippen molar-refractivity contribution in [1.29, 1.82) is 5.26 Å². The number of nitro benzene ring substituents is 1. The van der Waals surface area contributed by atoms with Crippen molar-refractivity contribution in [1.82, 2.24) is 0 Å². The van der Waals surface area contributed by atoms with Crippen LogP contribution in [0.1, 0.15) is 35.8 Å². The Morgan fingerprint density at radius 3 is 3.00 bits per heavy atom. The van der Waals surface area contributed by atoms with Crippen LogP contribution in [-0.4, -0.2) is 22.6 Å². The first-order valence-corrected chi connectivity index (χ1v) is 8.64. The van der Waals surface area contributed by atoms with E-state index in [1.807, 2.05) is 28.5 Å². The Kier molecular flexibility index (Phi) is 4.79. The van der Waals surface area contributed by atoms with Crippen LogP contribution >= 0.6 is 11.3 Å². The summed E-state index contributed by atoms with van der Waals surface area (Å²) in [5.41, 5.74) is 0.756. The van der Waals surface area contributed by atoms with Crippen LogP contribution in [0.3, 0.4) is 0 Å². The fraction of sp³-hybridized carbons (Fsp3) is 0.353. The van der Waals surface area contributed by atoms with Crippen molar-refractivity contribution in [2.75, 3.05) is 11.4 Å². The Morgan fingerprint density at radius 1 is 1.50 bits per heavy atom. The standard InChI is InChI=1S/C17H17N3O3S/c18-11-12-5-6-14(15(9-12)20(22)23)19-7-1-3-13(19)10-16(21)17-4-2-8-24-17/h2,4-6,8-9,13,16,21H,1,3,7,10H2/t13-,16+/m0/s1. The third-order valence-corrected chi connectivity index (χ3v) is 5.33. The zero-order valence-electron chi connectivity index (χ0n) is 13.0. The van der Waals surface area contributed by atoms with Gasteiger partial charge in [-0.05, 0) is 42.8 Å². The highest BCUT2D eigenvalue weighted by atomic mass is 32.1. The molecule has 0 bridgehead atoms. The fourth-order valence-corrected chi connectivity index (χ4v) is 3.96. The third-order valence-electron chi connectivity index (χ3n) is 4.35. The lowest BCUT2D eigenvalue weighted by atomic mass is 10.0. The van der Waals surface area contributed by atoms with Crippen LogP contribution in [0.2, 0.25) is 0 Å². The molecule has 2 aromatic rings. The molecule has 1 aromatic carbocycles. The van der Waals surface area contributed by atoms with Crippen LogP contribution in [0.5, 0.6) is 0 Å². The van der Waals surface area contributed by atoms with Crippen molar-refractivity contribution in [2.24, 2.45) is 0 Å². The molecule has 2 atom stereocenters. The maximum absolute atomic E-state index is 11.4. The lowest BCUT2D eigenvalue weighted by molar-refractivity contribution is -0.384. The summed E-state index contributed by atoms with van der Waals surface area (Å²) in [7, 11) is 0. The van der Waals surface area contributed by atoms with E-state index in [4.69, 9.17) is 5.26 Å². The highest BCUT2D eigenvalue weighted by Gasteiger charge is 2.31. The summed E-state index contributed by atoms with van der Waals surface area (Å²) in [6.07, 6.45) is 1.80. The van der Waals surface area contributed by atoms with Gasteiger partial charge in [-0.2, -0.15) is 5.26 Å². The van der Waals surface area contributed by atoms with E-state index in [9.17, 15) is 15.2 Å². The molecule has 1 fully saturated rings. The van der Waals surface area contributed by atoms with Gasteiger partial charge in [0.25, 0.3) is 5.69 Å². The number of benzene rings is 1. The Morgan fingerprint density at radius 2 is 2.33 bits per heavy atom. The lowest BCUT2D eigenvalue weighted by Crippen LogP contribution is -2.31. The van der Waals surface area contributed by atoms with Crippen LogP contribution in [-0.2, 0) is 0 Å². The lowest BCUT2D eigenvalue weighted by Gasteiger charge is -2.28. The Hall–Kier alpha value is -2.43. The molecule has 0 radical (unpaired) electrons. The van der Waals surface area contributed by atoms with Crippen molar-refractivity contribution >= 4 is 22.7 Å². The van der Waals surface area contributed by atoms with E-state index in [2.05, 4.69) is 0 Å². The number of thiophene rings is 1. The predicted octanol–water partition coefficient (Wildman–Crippen LogP) is 3.62. The van der Waals surface area contributed by atoms with Crippen LogP contribution in [0.25, 0.3) is 0 Å². The van der Waals surface area contributed by atoms with Crippen molar-refractivity contribution < 1.29 is 10.0 Å². The molecule has 7 heteroatoms. The van der Waals surface area contributed by atoms with Gasteiger partial charge >= 0.3 is 0 Å². The molecule has 0 aliphatic carbocycles. The summed E-state index contributed by atoms with van der Waals surface area (Å²) in [6, 6.07) is 10.4. The number of hydrogen-bond donors (Lipinski definition) is 1. The van der Waals surface area contributed by atoms with E-state index < -0.39 is 11.0 Å². The number of nitro groups is 1. The van der Waals surface area contributed by atoms with Gasteiger partial charge in [0.15, 0.2) is 0 Å². The minimum atomic E-state index is -0.562. The van der Waals surface area contributed by atoms with Gasteiger partial charge in [0.05, 0.1) is 22.7 Å². The average Bonchev–Trinajstić information content (AvgIpc) is 3.25. The number of nitriles is 1. The van der Waals surface area contributed by atoms with Gasteiger partial charge in [-0.1, -0.05) is 6.07 Å². The number of aliphatic hydroxyl groups is 1. The number of anilines is 1. The molecule has 0 amide bonds. The minimum Gasteiger partial charge on any atom is -0.387 e. The Labute approximate surface area is 143 Å². The van der Waals surface area contributed by atoms with E-state index in [0.29, 0.717) is 18.7 Å². The molecule has 1 aliphatic rings. The summed E-state index contributed by atoms with van der Waals surface area (Å²) < 4.78 is 0. The van der Waals surface area contributed by atoms with Crippen molar-refractivity contribution in [3.8, 4) is 6.07 Å². The van der Waals surface area contributed by atoms with E-state index >= 15 is 0 Å². The number of aliphatic hydroxyl groups excluding tert-OH is 1. The third kappa shape index (κ3) is 3.25. The predicted molar refractivity (Wildman–Crippen MR) is 92.1 cm³/mol. The van der Waals surface area contributed by atoms with Gasteiger partial charge in [-0.25, -0.2) is 0 Å². The summed E-state index contributed by atoms with van der Waals surface area (Å²) in [6.45, 7) is 0.717. The van der Waals surface area contributed by atoms with E-state index in [0.717, 1.165) is 17.7 Å². The molecular formula is C17H17N3O3S. The fourth-order valence-electron chi connectivity index (χ4n) is 3.23. The summed E-state index contributed by atoms with van der Waals surface area (Å²) in [4.78, 5) is 13.9. The zero-order chi connectivity index (χ0) is 17.1. The van der Waals surface area contributed by atoms with E-state index in [1.165, 1.54) is 17.4 Å². The molecule has 24 heavy (non-hydrogen) atoms. The first-order chi connectivity index (χ1) is 11.6. The van der Waals surface area contributed by atoms with Crippen LogP contribution in [0, 0.1) is 21.4 Å². The van der Waals surface area contributed by atoms with Crippen LogP contribution in [0.15, 0.2) is 35.7 Å². The molecule has 1 N–H and O–H groups in total. The molecule has 1 aliphatic heterocycles. The first-order valence-electron chi connectivity index (χ1n) is 7.77. The van der Waals surface area contributed by atoms with Crippen molar-refractivity contribution in [3.63, 3.8) is 0 Å². The van der Waals surface area contributed by atoms with E-state index in [-0.39, 0.29) is 17.3 Å². The highest BCUT2D eigenvalue weighted by molar-refractivity contribution is 7.10. The maximum Gasteiger partial charge on any atom is 0.293 e. The smallest absolute Gasteiger partial charge is 0.293 e. The number of nitrogens with zero attached hydrogens (tertiary/aromatic N) is 3. The summed E-state index contributed by atoms with van der Waals surface area (Å²) in [5.74, 6) is 0. The zero-order valence-corrected chi connectivity index (χ0v) is 13.8. The van der Waals surface area contributed by atoms with Crippen LogP contribution in [0.4, 0.5) is 11.4 Å². The topological polar surface area (TPSA) is 90.4 Å². The largest absolute Gasteiger partial charge is 0.387 e. The van der Waals surface area contributed by atoms with Gasteiger partial charge < -0.3 is 10.0 Å². The molecule has 3 rings (SSSR count). The minimum absolute atomic E-state index is 0.0495. The first kappa shape index (κ1) is 16.4. The summed E-state index contributed by atoms with van der Waals surface area (Å²) in [5, 5.41) is 32.7. The van der Waals surface area contributed by atoms with E-state index in [1.54, 1.807) is 12.1 Å². The van der Waals surface area contributed by atoms with Gasteiger partial charge in [0.1, 0.15) is 5.69 Å². The summed E-state index contributed by atoms with van der Waals surface area (Å²) >= 11 is 1.51.